The second-order valence-corrected chi connectivity index (χ2v) is 5.98. The fourth-order valence-corrected chi connectivity index (χ4v) is 2.58. The van der Waals surface area contributed by atoms with Crippen LogP contribution >= 0.6 is 0 Å². The molecular formula is C20H26N2O3. The predicted octanol–water partition coefficient (Wildman–Crippen LogP) is 2.88. The van der Waals surface area contributed by atoms with Gasteiger partial charge in [-0.05, 0) is 44.3 Å². The molecule has 2 N–H and O–H groups in total. The van der Waals surface area contributed by atoms with Crippen LogP contribution in [0.1, 0.15) is 22.3 Å². The van der Waals surface area contributed by atoms with Gasteiger partial charge < -0.3 is 20.1 Å². The molecule has 2 aromatic carbocycles. The molecule has 0 saturated heterocycles. The van der Waals surface area contributed by atoms with Gasteiger partial charge in [0.2, 0.25) is 0 Å². The molecule has 0 saturated carbocycles. The summed E-state index contributed by atoms with van der Waals surface area (Å²) in [4.78, 5) is 13.4. The van der Waals surface area contributed by atoms with Gasteiger partial charge in [-0.2, -0.15) is 0 Å². The van der Waals surface area contributed by atoms with E-state index in [4.69, 9.17) is 9.84 Å². The number of carboxylic acids is 1. The van der Waals surface area contributed by atoms with Crippen LogP contribution in [-0.4, -0.2) is 49.3 Å². The highest BCUT2D eigenvalue weighted by Crippen LogP contribution is 2.17. The molecule has 0 aromatic heterocycles. The van der Waals surface area contributed by atoms with Crippen LogP contribution < -0.4 is 10.1 Å². The summed E-state index contributed by atoms with van der Waals surface area (Å²) in [5.74, 6) is -0.551. The SMILES string of the molecule is CN(CCCNCCOc1ccccc1C(=O)O)Cc1ccccc1. The summed E-state index contributed by atoms with van der Waals surface area (Å²) in [7, 11) is 2.12. The highest BCUT2D eigenvalue weighted by Gasteiger charge is 2.09. The van der Waals surface area contributed by atoms with Crippen molar-refractivity contribution in [3.63, 3.8) is 0 Å². The number of nitrogens with one attached hydrogen (secondary N) is 1. The molecule has 5 nitrogen and oxygen atoms in total. The second-order valence-electron chi connectivity index (χ2n) is 5.98. The maximum Gasteiger partial charge on any atom is 0.339 e. The summed E-state index contributed by atoms with van der Waals surface area (Å²) >= 11 is 0. The van der Waals surface area contributed by atoms with Crippen LogP contribution in [0.25, 0.3) is 0 Å². The van der Waals surface area contributed by atoms with Crippen LogP contribution in [0, 0.1) is 0 Å². The maximum absolute atomic E-state index is 11.1. The smallest absolute Gasteiger partial charge is 0.339 e. The van der Waals surface area contributed by atoms with E-state index < -0.39 is 5.97 Å². The molecule has 0 aliphatic rings. The molecule has 134 valence electrons. The van der Waals surface area contributed by atoms with Crippen molar-refractivity contribution in [2.45, 2.75) is 13.0 Å². The zero-order valence-electron chi connectivity index (χ0n) is 14.6. The van der Waals surface area contributed by atoms with Gasteiger partial charge in [-0.3, -0.25) is 0 Å². The van der Waals surface area contributed by atoms with Gasteiger partial charge in [0.1, 0.15) is 17.9 Å². The van der Waals surface area contributed by atoms with Gasteiger partial charge in [-0.1, -0.05) is 42.5 Å². The Morgan fingerprint density at radius 2 is 1.80 bits per heavy atom. The zero-order chi connectivity index (χ0) is 17.9. The summed E-state index contributed by atoms with van der Waals surface area (Å²) in [6, 6.07) is 17.1. The number of rotatable bonds is 11. The maximum atomic E-state index is 11.1. The van der Waals surface area contributed by atoms with E-state index in [0.29, 0.717) is 18.9 Å². The van der Waals surface area contributed by atoms with Gasteiger partial charge in [-0.15, -0.1) is 0 Å². The molecule has 5 heteroatoms. The van der Waals surface area contributed by atoms with Crippen LogP contribution in [0.2, 0.25) is 0 Å². The van der Waals surface area contributed by atoms with Crippen LogP contribution in [0.15, 0.2) is 54.6 Å². The Morgan fingerprint density at radius 1 is 1.08 bits per heavy atom. The number of hydrogen-bond acceptors (Lipinski definition) is 4. The first-order chi connectivity index (χ1) is 12.2. The Bertz CT molecular complexity index is 646. The zero-order valence-corrected chi connectivity index (χ0v) is 14.6. The minimum Gasteiger partial charge on any atom is -0.491 e. The molecule has 25 heavy (non-hydrogen) atoms. The highest BCUT2D eigenvalue weighted by molar-refractivity contribution is 5.90. The fourth-order valence-electron chi connectivity index (χ4n) is 2.58. The lowest BCUT2D eigenvalue weighted by molar-refractivity contribution is 0.0692. The Labute approximate surface area is 149 Å². The molecule has 0 aliphatic carbocycles. The number of hydrogen-bond donors (Lipinski definition) is 2. The van der Waals surface area contributed by atoms with E-state index in [1.54, 1.807) is 24.3 Å². The van der Waals surface area contributed by atoms with Crippen molar-refractivity contribution in [3.05, 3.63) is 65.7 Å². The molecule has 0 radical (unpaired) electrons. The molecule has 0 fully saturated rings. The topological polar surface area (TPSA) is 61.8 Å². The monoisotopic (exact) mass is 342 g/mol. The van der Waals surface area contributed by atoms with Crippen molar-refractivity contribution in [2.24, 2.45) is 0 Å². The molecular weight excluding hydrogens is 316 g/mol. The normalized spacial score (nSPS) is 10.8. The molecule has 2 aromatic rings. The number of aromatic carboxylic acids is 1. The average molecular weight is 342 g/mol. The molecule has 0 bridgehead atoms. The molecule has 0 unspecified atom stereocenters. The average Bonchev–Trinajstić information content (AvgIpc) is 2.62. The van der Waals surface area contributed by atoms with Gasteiger partial charge in [0, 0.05) is 13.1 Å². The molecule has 0 amide bonds. The minimum absolute atomic E-state index is 0.199. The van der Waals surface area contributed by atoms with E-state index in [0.717, 1.165) is 26.1 Å². The first-order valence-electron chi connectivity index (χ1n) is 8.55. The Kier molecular flexibility index (Phi) is 7.95. The van der Waals surface area contributed by atoms with Crippen molar-refractivity contribution >= 4 is 5.97 Å². The predicted molar refractivity (Wildman–Crippen MR) is 99.2 cm³/mol. The van der Waals surface area contributed by atoms with Gasteiger partial charge >= 0.3 is 5.97 Å². The molecule has 0 heterocycles. The van der Waals surface area contributed by atoms with E-state index in [2.05, 4.69) is 41.5 Å². The van der Waals surface area contributed by atoms with Crippen LogP contribution in [0.5, 0.6) is 5.75 Å². The van der Waals surface area contributed by atoms with Gasteiger partial charge in [-0.25, -0.2) is 4.79 Å². The standard InChI is InChI=1S/C20H26N2O3/c1-22(16-17-8-3-2-4-9-17)14-7-12-21-13-15-25-19-11-6-5-10-18(19)20(23)24/h2-6,8-11,21H,7,12-16H2,1H3,(H,23,24). The molecule has 2 rings (SSSR count). The summed E-state index contributed by atoms with van der Waals surface area (Å²) < 4.78 is 5.55. The third-order valence-corrected chi connectivity index (χ3v) is 3.84. The number of benzene rings is 2. The van der Waals surface area contributed by atoms with Crippen molar-refractivity contribution in [1.29, 1.82) is 0 Å². The highest BCUT2D eigenvalue weighted by atomic mass is 16.5. The lowest BCUT2D eigenvalue weighted by atomic mass is 10.2. The van der Waals surface area contributed by atoms with Crippen LogP contribution in [0.4, 0.5) is 0 Å². The first kappa shape index (κ1) is 19.0. The first-order valence-corrected chi connectivity index (χ1v) is 8.55. The Morgan fingerprint density at radius 3 is 2.56 bits per heavy atom. The van der Waals surface area contributed by atoms with Crippen molar-refractivity contribution in [3.8, 4) is 5.75 Å². The lowest BCUT2D eigenvalue weighted by Crippen LogP contribution is -2.26. The third-order valence-electron chi connectivity index (χ3n) is 3.84. The van der Waals surface area contributed by atoms with Crippen molar-refractivity contribution in [2.75, 3.05) is 33.3 Å². The van der Waals surface area contributed by atoms with Crippen LogP contribution in [0.3, 0.4) is 0 Å². The van der Waals surface area contributed by atoms with Gasteiger partial charge in [0.25, 0.3) is 0 Å². The molecule has 0 spiro atoms. The Balaban J connectivity index is 1.56. The summed E-state index contributed by atoms with van der Waals surface area (Å²) in [5, 5.41) is 12.4. The number of ether oxygens (including phenoxy) is 1. The van der Waals surface area contributed by atoms with E-state index in [1.165, 1.54) is 5.56 Å². The Hall–Kier alpha value is -2.37. The third kappa shape index (κ3) is 6.95. The summed E-state index contributed by atoms with van der Waals surface area (Å²) in [5.41, 5.74) is 1.52. The fraction of sp³-hybridized carbons (Fsp3) is 0.350. The number of para-hydroxylation sites is 1. The van der Waals surface area contributed by atoms with Crippen molar-refractivity contribution in [1.82, 2.24) is 10.2 Å². The number of carbonyl (C=O) groups is 1. The summed E-state index contributed by atoms with van der Waals surface area (Å²) in [6.45, 7) is 4.02. The quantitative estimate of drug-likeness (QED) is 0.615. The number of carboxylic acid groups (broad SMARTS) is 1. The van der Waals surface area contributed by atoms with Crippen LogP contribution in [-0.2, 0) is 6.54 Å². The van der Waals surface area contributed by atoms with E-state index in [9.17, 15) is 4.79 Å². The summed E-state index contributed by atoms with van der Waals surface area (Å²) in [6.07, 6.45) is 1.05. The lowest BCUT2D eigenvalue weighted by Gasteiger charge is -2.16. The van der Waals surface area contributed by atoms with E-state index in [-0.39, 0.29) is 5.56 Å². The molecule has 0 atom stereocenters. The van der Waals surface area contributed by atoms with Gasteiger partial charge in [0.15, 0.2) is 0 Å². The van der Waals surface area contributed by atoms with Gasteiger partial charge in [0.05, 0.1) is 0 Å². The molecule has 0 aliphatic heterocycles. The van der Waals surface area contributed by atoms with E-state index in [1.807, 2.05) is 6.07 Å². The van der Waals surface area contributed by atoms with E-state index >= 15 is 0 Å². The van der Waals surface area contributed by atoms with Crippen molar-refractivity contribution < 1.29 is 14.6 Å². The second kappa shape index (κ2) is 10.5. The number of nitrogens with zero attached hydrogens (tertiary/aromatic N) is 1. The minimum atomic E-state index is -0.968. The largest absolute Gasteiger partial charge is 0.491 e.